The minimum Gasteiger partial charge on any atom is -0.352 e. The van der Waals surface area contributed by atoms with Gasteiger partial charge in [0.05, 0.1) is 0 Å². The summed E-state index contributed by atoms with van der Waals surface area (Å²) in [7, 11) is 1.82. The molecule has 1 aliphatic heterocycles. The van der Waals surface area contributed by atoms with Crippen LogP contribution in [0.2, 0.25) is 0 Å². The summed E-state index contributed by atoms with van der Waals surface area (Å²) in [5.74, 6) is 1.44. The van der Waals surface area contributed by atoms with Crippen molar-refractivity contribution in [1.29, 1.82) is 0 Å². The van der Waals surface area contributed by atoms with E-state index >= 15 is 0 Å². The van der Waals surface area contributed by atoms with E-state index in [-0.39, 0.29) is 12.0 Å². The van der Waals surface area contributed by atoms with Gasteiger partial charge in [-0.3, -0.25) is 14.7 Å². The molecule has 1 heterocycles. The van der Waals surface area contributed by atoms with Crippen molar-refractivity contribution in [3.8, 4) is 0 Å². The highest BCUT2D eigenvalue weighted by molar-refractivity contribution is 5.81. The van der Waals surface area contributed by atoms with Crippen LogP contribution in [0.3, 0.4) is 0 Å². The summed E-state index contributed by atoms with van der Waals surface area (Å²) < 4.78 is 0. The molecule has 1 aliphatic carbocycles. The van der Waals surface area contributed by atoms with Gasteiger partial charge in [-0.1, -0.05) is 57.4 Å². The monoisotopic (exact) mass is 427 g/mol. The molecule has 1 saturated heterocycles. The van der Waals surface area contributed by atoms with Gasteiger partial charge in [0.15, 0.2) is 5.96 Å². The zero-order valence-corrected chi connectivity index (χ0v) is 19.7. The van der Waals surface area contributed by atoms with Crippen LogP contribution >= 0.6 is 0 Å². The molecule has 0 bridgehead atoms. The fraction of sp³-hybridized carbons (Fsp3) is 0.680. The van der Waals surface area contributed by atoms with E-state index in [4.69, 9.17) is 0 Å². The van der Waals surface area contributed by atoms with Crippen LogP contribution in [0.25, 0.3) is 0 Å². The molecule has 172 valence electrons. The van der Waals surface area contributed by atoms with Gasteiger partial charge < -0.3 is 15.5 Å². The average Bonchev–Trinajstić information content (AvgIpc) is 3.29. The number of likely N-dealkylation sites (tertiary alicyclic amines) is 1. The third-order valence-corrected chi connectivity index (χ3v) is 6.87. The Balaban J connectivity index is 1.50. The fourth-order valence-corrected chi connectivity index (χ4v) is 4.83. The summed E-state index contributed by atoms with van der Waals surface area (Å²) in [4.78, 5) is 21.8. The minimum absolute atomic E-state index is 0.257. The summed E-state index contributed by atoms with van der Waals surface area (Å²) in [6.45, 7) is 9.89. The molecule has 0 spiro atoms. The van der Waals surface area contributed by atoms with Crippen molar-refractivity contribution in [1.82, 2.24) is 20.4 Å². The first-order chi connectivity index (χ1) is 15.1. The molecular weight excluding hydrogens is 386 g/mol. The van der Waals surface area contributed by atoms with Crippen molar-refractivity contribution in [2.75, 3.05) is 33.2 Å². The Morgan fingerprint density at radius 2 is 1.81 bits per heavy atom. The Morgan fingerprint density at radius 3 is 2.48 bits per heavy atom. The van der Waals surface area contributed by atoms with E-state index in [0.29, 0.717) is 5.91 Å². The number of carbonyl (C=O) groups excluding carboxylic acids is 1. The van der Waals surface area contributed by atoms with Crippen molar-refractivity contribution < 1.29 is 4.79 Å². The van der Waals surface area contributed by atoms with Crippen LogP contribution in [0.1, 0.15) is 63.5 Å². The topological polar surface area (TPSA) is 60.0 Å². The van der Waals surface area contributed by atoms with Crippen LogP contribution in [0.15, 0.2) is 29.3 Å². The van der Waals surface area contributed by atoms with Crippen LogP contribution in [-0.4, -0.2) is 60.9 Å². The molecule has 6 heteroatoms. The minimum atomic E-state index is 0.257. The van der Waals surface area contributed by atoms with Gasteiger partial charge in [-0.15, -0.1) is 0 Å². The molecular formula is C25H41N5O. The number of benzene rings is 1. The van der Waals surface area contributed by atoms with Gasteiger partial charge in [0.25, 0.3) is 0 Å². The Morgan fingerprint density at radius 1 is 1.10 bits per heavy atom. The van der Waals surface area contributed by atoms with Gasteiger partial charge in [0, 0.05) is 45.2 Å². The maximum Gasteiger partial charge on any atom is 0.225 e. The van der Waals surface area contributed by atoms with Crippen molar-refractivity contribution in [2.45, 2.75) is 71.5 Å². The molecule has 2 N–H and O–H groups in total. The van der Waals surface area contributed by atoms with Crippen LogP contribution in [-0.2, 0) is 17.9 Å². The van der Waals surface area contributed by atoms with Gasteiger partial charge in [-0.05, 0) is 43.5 Å². The van der Waals surface area contributed by atoms with Gasteiger partial charge in [-0.2, -0.15) is 0 Å². The largest absolute Gasteiger partial charge is 0.352 e. The molecule has 2 aliphatic rings. The SMILES string of the molecule is CCN(CC)Cc1ccccc1CNC(=NC)NC1CCN(C(=O)C2CCCCC2)C1. The molecule has 1 amide bonds. The molecule has 6 nitrogen and oxygen atoms in total. The number of guanidine groups is 1. The van der Waals surface area contributed by atoms with Crippen LogP contribution in [0, 0.1) is 5.92 Å². The molecule has 1 atom stereocenters. The number of aliphatic imine (C=N–C) groups is 1. The lowest BCUT2D eigenvalue weighted by Gasteiger charge is -2.26. The first kappa shape index (κ1) is 23.6. The number of hydrogen-bond donors (Lipinski definition) is 2. The molecule has 1 saturated carbocycles. The predicted octanol–water partition coefficient (Wildman–Crippen LogP) is 3.37. The maximum atomic E-state index is 12.8. The van der Waals surface area contributed by atoms with Crippen molar-refractivity contribution >= 4 is 11.9 Å². The van der Waals surface area contributed by atoms with Crippen molar-refractivity contribution in [2.24, 2.45) is 10.9 Å². The van der Waals surface area contributed by atoms with Crippen molar-refractivity contribution in [3.63, 3.8) is 0 Å². The molecule has 0 radical (unpaired) electrons. The maximum absolute atomic E-state index is 12.8. The van der Waals surface area contributed by atoms with E-state index in [1.165, 1.54) is 30.4 Å². The summed E-state index contributed by atoms with van der Waals surface area (Å²) >= 11 is 0. The second kappa shape index (κ2) is 12.1. The van der Waals surface area contributed by atoms with E-state index in [9.17, 15) is 4.79 Å². The number of amides is 1. The van der Waals surface area contributed by atoms with Crippen molar-refractivity contribution in [3.05, 3.63) is 35.4 Å². The molecule has 2 fully saturated rings. The van der Waals surface area contributed by atoms with Gasteiger partial charge in [-0.25, -0.2) is 0 Å². The Kier molecular flexibility index (Phi) is 9.19. The summed E-state index contributed by atoms with van der Waals surface area (Å²) in [5.41, 5.74) is 2.66. The molecule has 1 unspecified atom stereocenters. The highest BCUT2D eigenvalue weighted by Gasteiger charge is 2.31. The van der Waals surface area contributed by atoms with E-state index in [0.717, 1.165) is 64.5 Å². The van der Waals surface area contributed by atoms with Gasteiger partial charge >= 0.3 is 0 Å². The van der Waals surface area contributed by atoms with E-state index in [1.54, 1.807) is 0 Å². The summed E-state index contributed by atoms with van der Waals surface area (Å²) in [6.07, 6.45) is 6.83. The Labute approximate surface area is 188 Å². The second-order valence-corrected chi connectivity index (χ2v) is 8.90. The first-order valence-corrected chi connectivity index (χ1v) is 12.2. The highest BCUT2D eigenvalue weighted by Crippen LogP contribution is 2.26. The third-order valence-electron chi connectivity index (χ3n) is 6.87. The van der Waals surface area contributed by atoms with E-state index in [2.05, 4.69) is 63.5 Å². The first-order valence-electron chi connectivity index (χ1n) is 12.2. The Hall–Kier alpha value is -2.08. The lowest BCUT2D eigenvalue weighted by atomic mass is 9.88. The molecule has 0 aromatic heterocycles. The smallest absolute Gasteiger partial charge is 0.225 e. The normalized spacial score (nSPS) is 20.3. The molecule has 31 heavy (non-hydrogen) atoms. The number of rotatable bonds is 8. The molecule has 1 aromatic carbocycles. The van der Waals surface area contributed by atoms with Gasteiger partial charge in [0.1, 0.15) is 0 Å². The lowest BCUT2D eigenvalue weighted by molar-refractivity contribution is -0.135. The standard InChI is InChI=1S/C25H41N5O/c1-4-29(5-2)18-22-14-10-9-13-21(22)17-27-25(26-3)28-23-15-16-30(19-23)24(31)20-11-7-6-8-12-20/h9-10,13-14,20,23H,4-8,11-12,15-19H2,1-3H3,(H2,26,27,28). The van der Waals surface area contributed by atoms with E-state index < -0.39 is 0 Å². The highest BCUT2D eigenvalue weighted by atomic mass is 16.2. The lowest BCUT2D eigenvalue weighted by Crippen LogP contribution is -2.45. The third kappa shape index (κ3) is 6.70. The van der Waals surface area contributed by atoms with Crippen LogP contribution in [0.4, 0.5) is 0 Å². The predicted molar refractivity (Wildman–Crippen MR) is 128 cm³/mol. The zero-order chi connectivity index (χ0) is 22.1. The molecule has 1 aromatic rings. The quantitative estimate of drug-likeness (QED) is 0.493. The Bertz CT molecular complexity index is 724. The van der Waals surface area contributed by atoms with E-state index in [1.807, 2.05) is 7.05 Å². The van der Waals surface area contributed by atoms with Crippen LogP contribution in [0.5, 0.6) is 0 Å². The zero-order valence-electron chi connectivity index (χ0n) is 19.7. The van der Waals surface area contributed by atoms with Gasteiger partial charge in [0.2, 0.25) is 5.91 Å². The number of hydrogen-bond acceptors (Lipinski definition) is 3. The number of carbonyl (C=O) groups is 1. The van der Waals surface area contributed by atoms with Crippen LogP contribution < -0.4 is 10.6 Å². The summed E-state index contributed by atoms with van der Waals surface area (Å²) in [6, 6.07) is 8.90. The summed E-state index contributed by atoms with van der Waals surface area (Å²) in [5, 5.41) is 7.03. The molecule has 3 rings (SSSR count). The number of nitrogens with one attached hydrogen (secondary N) is 2. The fourth-order valence-electron chi connectivity index (χ4n) is 4.83. The second-order valence-electron chi connectivity index (χ2n) is 8.90. The number of nitrogens with zero attached hydrogens (tertiary/aromatic N) is 3. The average molecular weight is 428 g/mol.